The molecule has 0 atom stereocenters. The average molecular weight is 312 g/mol. The molecule has 1 heterocycles. The number of carboxylic acids is 1. The van der Waals surface area contributed by atoms with Crippen LogP contribution in [0.2, 0.25) is 0 Å². The summed E-state index contributed by atoms with van der Waals surface area (Å²) in [6.07, 6.45) is 0. The molecule has 0 radical (unpaired) electrons. The van der Waals surface area contributed by atoms with Crippen LogP contribution in [0.25, 0.3) is 11.3 Å². The monoisotopic (exact) mass is 311 g/mol. The first-order chi connectivity index (χ1) is 8.61. The molecular weight excluding hydrogens is 302 g/mol. The predicted octanol–water partition coefficient (Wildman–Crippen LogP) is 2.95. The van der Waals surface area contributed by atoms with Gasteiger partial charge in [-0.05, 0) is 23.8 Å². The molecular formula is C12H10BrNO4. The summed E-state index contributed by atoms with van der Waals surface area (Å²) in [6.45, 7) is 0.401. The first-order valence-corrected chi connectivity index (χ1v) is 5.89. The number of carboxylic acid groups (broad SMARTS) is 1. The van der Waals surface area contributed by atoms with Crippen LogP contribution in [0, 0.1) is 0 Å². The molecule has 0 aliphatic carbocycles. The number of carbonyl (C=O) groups is 1. The number of aromatic nitrogens is 1. The van der Waals surface area contributed by atoms with Crippen molar-refractivity contribution in [2.45, 2.75) is 6.61 Å². The van der Waals surface area contributed by atoms with Crippen molar-refractivity contribution in [3.8, 4) is 11.3 Å². The molecule has 2 aromatic rings. The van der Waals surface area contributed by atoms with Crippen molar-refractivity contribution < 1.29 is 19.2 Å². The fraction of sp³-hybridized carbons (Fsp3) is 0.167. The maximum absolute atomic E-state index is 10.8. The van der Waals surface area contributed by atoms with Crippen molar-refractivity contribution in [3.63, 3.8) is 0 Å². The van der Waals surface area contributed by atoms with Gasteiger partial charge in [0.05, 0.1) is 6.61 Å². The minimum Gasteiger partial charge on any atom is -0.476 e. The molecule has 2 rings (SSSR count). The van der Waals surface area contributed by atoms with E-state index in [4.69, 9.17) is 14.4 Å². The lowest BCUT2D eigenvalue weighted by molar-refractivity contribution is 0.0686. The van der Waals surface area contributed by atoms with Crippen molar-refractivity contribution in [1.82, 2.24) is 5.16 Å². The van der Waals surface area contributed by atoms with Gasteiger partial charge < -0.3 is 14.4 Å². The summed E-state index contributed by atoms with van der Waals surface area (Å²) in [5, 5.41) is 12.3. The quantitative estimate of drug-likeness (QED) is 0.939. The van der Waals surface area contributed by atoms with Crippen LogP contribution < -0.4 is 0 Å². The van der Waals surface area contributed by atoms with E-state index >= 15 is 0 Å². The maximum Gasteiger partial charge on any atom is 0.358 e. The number of hydrogen-bond donors (Lipinski definition) is 1. The summed E-state index contributed by atoms with van der Waals surface area (Å²) in [6, 6.07) is 6.95. The lowest BCUT2D eigenvalue weighted by atomic mass is 10.1. The van der Waals surface area contributed by atoms with Gasteiger partial charge in [-0.25, -0.2) is 4.79 Å². The second kappa shape index (κ2) is 5.32. The Morgan fingerprint density at radius 1 is 1.50 bits per heavy atom. The van der Waals surface area contributed by atoms with E-state index < -0.39 is 5.97 Å². The Morgan fingerprint density at radius 3 is 2.89 bits per heavy atom. The summed E-state index contributed by atoms with van der Waals surface area (Å²) >= 11 is 3.37. The topological polar surface area (TPSA) is 72.6 Å². The Morgan fingerprint density at radius 2 is 2.28 bits per heavy atom. The van der Waals surface area contributed by atoms with Crippen molar-refractivity contribution in [2.75, 3.05) is 7.11 Å². The van der Waals surface area contributed by atoms with Crippen LogP contribution in [0.1, 0.15) is 16.1 Å². The van der Waals surface area contributed by atoms with E-state index in [2.05, 4.69) is 21.1 Å². The largest absolute Gasteiger partial charge is 0.476 e. The number of benzene rings is 1. The second-order valence-corrected chi connectivity index (χ2v) is 4.53. The van der Waals surface area contributed by atoms with Gasteiger partial charge in [0.15, 0.2) is 11.5 Å². The molecule has 1 N–H and O–H groups in total. The molecule has 0 bridgehead atoms. The first kappa shape index (κ1) is 12.8. The fourth-order valence-corrected chi connectivity index (χ4v) is 1.99. The maximum atomic E-state index is 10.8. The number of hydrogen-bond acceptors (Lipinski definition) is 4. The SMILES string of the molecule is COCc1cc(Br)ccc1-c1cc(C(=O)O)no1. The number of ether oxygens (including phenoxy) is 1. The van der Waals surface area contributed by atoms with Gasteiger partial charge >= 0.3 is 5.97 Å². The summed E-state index contributed by atoms with van der Waals surface area (Å²) in [5.74, 6) is -0.706. The van der Waals surface area contributed by atoms with Crippen LogP contribution in [-0.4, -0.2) is 23.3 Å². The third kappa shape index (κ3) is 2.60. The summed E-state index contributed by atoms with van der Waals surface area (Å²) in [7, 11) is 1.59. The van der Waals surface area contributed by atoms with E-state index in [1.54, 1.807) is 7.11 Å². The normalized spacial score (nSPS) is 10.6. The Hall–Kier alpha value is -1.66. The number of methoxy groups -OCH3 is 1. The van der Waals surface area contributed by atoms with Gasteiger partial charge in [0, 0.05) is 23.2 Å². The van der Waals surface area contributed by atoms with Gasteiger partial charge in [0.1, 0.15) is 0 Å². The Labute approximate surface area is 111 Å². The predicted molar refractivity (Wildman–Crippen MR) is 67.3 cm³/mol. The van der Waals surface area contributed by atoms with E-state index in [1.165, 1.54) is 6.07 Å². The third-order valence-corrected chi connectivity index (χ3v) is 2.86. The molecule has 1 aromatic carbocycles. The standard InChI is InChI=1S/C12H10BrNO4/c1-17-6-7-4-8(13)2-3-9(7)11-5-10(12(15)16)14-18-11/h2-5H,6H2,1H3,(H,15,16). The summed E-state index contributed by atoms with van der Waals surface area (Å²) in [5.41, 5.74) is 1.54. The number of nitrogens with zero attached hydrogens (tertiary/aromatic N) is 1. The molecule has 18 heavy (non-hydrogen) atoms. The van der Waals surface area contributed by atoms with Crippen LogP contribution in [0.5, 0.6) is 0 Å². The Kier molecular flexibility index (Phi) is 3.78. The van der Waals surface area contributed by atoms with Gasteiger partial charge in [0.2, 0.25) is 0 Å². The zero-order chi connectivity index (χ0) is 13.1. The molecule has 6 heteroatoms. The molecule has 5 nitrogen and oxygen atoms in total. The van der Waals surface area contributed by atoms with Gasteiger partial charge in [-0.2, -0.15) is 0 Å². The molecule has 0 fully saturated rings. The second-order valence-electron chi connectivity index (χ2n) is 3.62. The van der Waals surface area contributed by atoms with Gasteiger partial charge in [-0.3, -0.25) is 0 Å². The van der Waals surface area contributed by atoms with Gasteiger partial charge in [-0.1, -0.05) is 21.1 Å². The van der Waals surface area contributed by atoms with Crippen LogP contribution >= 0.6 is 15.9 Å². The lowest BCUT2D eigenvalue weighted by Crippen LogP contribution is -1.94. The van der Waals surface area contributed by atoms with Crippen molar-refractivity contribution in [2.24, 2.45) is 0 Å². The molecule has 94 valence electrons. The van der Waals surface area contributed by atoms with Crippen LogP contribution in [0.15, 0.2) is 33.3 Å². The Bertz CT molecular complexity index is 579. The first-order valence-electron chi connectivity index (χ1n) is 5.09. The lowest BCUT2D eigenvalue weighted by Gasteiger charge is -2.06. The molecule has 0 saturated carbocycles. The van der Waals surface area contributed by atoms with E-state index in [0.717, 1.165) is 15.6 Å². The highest BCUT2D eigenvalue weighted by molar-refractivity contribution is 9.10. The zero-order valence-corrected chi connectivity index (χ0v) is 11.1. The minimum absolute atomic E-state index is 0.115. The van der Waals surface area contributed by atoms with Gasteiger partial charge in [-0.15, -0.1) is 0 Å². The molecule has 0 spiro atoms. The minimum atomic E-state index is -1.12. The van der Waals surface area contributed by atoms with Crippen LogP contribution in [-0.2, 0) is 11.3 Å². The molecule has 0 aliphatic rings. The fourth-order valence-electron chi connectivity index (χ4n) is 1.58. The molecule has 0 saturated heterocycles. The van der Waals surface area contributed by atoms with Crippen LogP contribution in [0.4, 0.5) is 0 Å². The highest BCUT2D eigenvalue weighted by atomic mass is 79.9. The van der Waals surface area contributed by atoms with Crippen LogP contribution in [0.3, 0.4) is 0 Å². The van der Waals surface area contributed by atoms with Crippen molar-refractivity contribution in [1.29, 1.82) is 0 Å². The number of aromatic carboxylic acids is 1. The summed E-state index contributed by atoms with van der Waals surface area (Å²) < 4.78 is 11.1. The zero-order valence-electron chi connectivity index (χ0n) is 9.51. The number of halogens is 1. The average Bonchev–Trinajstić information content (AvgIpc) is 2.79. The van der Waals surface area contributed by atoms with Gasteiger partial charge in [0.25, 0.3) is 0 Å². The molecule has 1 aromatic heterocycles. The van der Waals surface area contributed by atoms with Crippen molar-refractivity contribution >= 4 is 21.9 Å². The smallest absolute Gasteiger partial charge is 0.358 e. The third-order valence-electron chi connectivity index (χ3n) is 2.36. The van der Waals surface area contributed by atoms with E-state index in [9.17, 15) is 4.79 Å². The van der Waals surface area contributed by atoms with E-state index in [-0.39, 0.29) is 5.69 Å². The summed E-state index contributed by atoms with van der Waals surface area (Å²) in [4.78, 5) is 10.8. The Balaban J connectivity index is 2.45. The highest BCUT2D eigenvalue weighted by Crippen LogP contribution is 2.27. The van der Waals surface area contributed by atoms with E-state index in [0.29, 0.717) is 12.4 Å². The van der Waals surface area contributed by atoms with E-state index in [1.807, 2.05) is 18.2 Å². The molecule has 0 amide bonds. The highest BCUT2D eigenvalue weighted by Gasteiger charge is 2.15. The molecule has 0 unspecified atom stereocenters. The number of rotatable bonds is 4. The molecule has 0 aliphatic heterocycles. The van der Waals surface area contributed by atoms with Crippen molar-refractivity contribution in [3.05, 3.63) is 40.0 Å².